The topological polar surface area (TPSA) is 85.4 Å². The summed E-state index contributed by atoms with van der Waals surface area (Å²) in [5, 5.41) is 14.0. The second kappa shape index (κ2) is 6.27. The molecule has 1 saturated heterocycles. The van der Waals surface area contributed by atoms with Crippen molar-refractivity contribution in [2.24, 2.45) is 0 Å². The molecule has 7 nitrogen and oxygen atoms in total. The van der Waals surface area contributed by atoms with Crippen LogP contribution in [0.15, 0.2) is 12.1 Å². The predicted octanol–water partition coefficient (Wildman–Crippen LogP) is -0.336. The van der Waals surface area contributed by atoms with Crippen LogP contribution in [-0.4, -0.2) is 55.6 Å². The van der Waals surface area contributed by atoms with Crippen molar-refractivity contribution in [3.63, 3.8) is 0 Å². The van der Waals surface area contributed by atoms with Gasteiger partial charge in [0.15, 0.2) is 5.69 Å². The molecule has 1 aromatic rings. The number of carbonyl (C=O) groups is 1. The summed E-state index contributed by atoms with van der Waals surface area (Å²) in [5.74, 6) is 0.116. The van der Waals surface area contributed by atoms with Crippen molar-refractivity contribution in [2.45, 2.75) is 6.10 Å². The molecule has 0 bridgehead atoms. The van der Waals surface area contributed by atoms with E-state index in [0.29, 0.717) is 12.4 Å². The van der Waals surface area contributed by atoms with Gasteiger partial charge in [-0.2, -0.15) is 0 Å². The smallest absolute Gasteiger partial charge is 0.358 e. The zero-order valence-electron chi connectivity index (χ0n) is 10.2. The molecule has 0 aromatic carbocycles. The Hall–Kier alpha value is -1.73. The first-order valence-corrected chi connectivity index (χ1v) is 5.78. The molecule has 1 aliphatic heterocycles. The predicted molar refractivity (Wildman–Crippen MR) is 64.5 cm³/mol. The molecule has 2 N–H and O–H groups in total. The van der Waals surface area contributed by atoms with Crippen molar-refractivity contribution in [1.82, 2.24) is 15.5 Å². The number of hydrogen-bond acceptors (Lipinski definition) is 7. The summed E-state index contributed by atoms with van der Waals surface area (Å²) in [5.41, 5.74) is 0.193. The molecule has 2 heterocycles. The van der Waals surface area contributed by atoms with E-state index >= 15 is 0 Å². The van der Waals surface area contributed by atoms with Gasteiger partial charge < -0.3 is 20.1 Å². The third-order valence-corrected chi connectivity index (χ3v) is 2.57. The largest absolute Gasteiger partial charge is 0.464 e. The maximum Gasteiger partial charge on any atom is 0.358 e. The number of methoxy groups -OCH3 is 1. The molecule has 1 aliphatic rings. The molecule has 0 aliphatic carbocycles. The fourth-order valence-electron chi connectivity index (χ4n) is 1.61. The standard InChI is InChI=1S/C11H16N4O3/c1-17-11(16)9-2-3-10(15-14-9)13-7-8-6-12-4-5-18-8/h2-3,8,12H,4-7H2,1H3,(H,13,15). The monoisotopic (exact) mass is 252 g/mol. The van der Waals surface area contributed by atoms with E-state index in [9.17, 15) is 4.79 Å². The van der Waals surface area contributed by atoms with Crippen molar-refractivity contribution in [3.8, 4) is 0 Å². The lowest BCUT2D eigenvalue weighted by atomic mass is 10.3. The molecular weight excluding hydrogens is 236 g/mol. The normalized spacial score (nSPS) is 19.3. The lowest BCUT2D eigenvalue weighted by Crippen LogP contribution is -2.42. The second-order valence-corrected chi connectivity index (χ2v) is 3.87. The number of aromatic nitrogens is 2. The first-order chi connectivity index (χ1) is 8.79. The minimum Gasteiger partial charge on any atom is -0.464 e. The zero-order valence-corrected chi connectivity index (χ0v) is 10.2. The Kier molecular flexibility index (Phi) is 4.43. The van der Waals surface area contributed by atoms with E-state index in [0.717, 1.165) is 19.7 Å². The van der Waals surface area contributed by atoms with E-state index < -0.39 is 5.97 Å². The minimum atomic E-state index is -0.492. The highest BCUT2D eigenvalue weighted by molar-refractivity contribution is 5.86. The molecule has 1 unspecified atom stereocenters. The van der Waals surface area contributed by atoms with Gasteiger partial charge in [-0.05, 0) is 12.1 Å². The Morgan fingerprint density at radius 3 is 3.11 bits per heavy atom. The summed E-state index contributed by atoms with van der Waals surface area (Å²) in [6.07, 6.45) is 0.126. The fraction of sp³-hybridized carbons (Fsp3) is 0.545. The summed E-state index contributed by atoms with van der Waals surface area (Å²) >= 11 is 0. The maximum absolute atomic E-state index is 11.2. The average molecular weight is 252 g/mol. The van der Waals surface area contributed by atoms with Gasteiger partial charge in [0.05, 0.1) is 19.8 Å². The highest BCUT2D eigenvalue weighted by atomic mass is 16.5. The quantitative estimate of drug-likeness (QED) is 0.709. The molecule has 98 valence electrons. The Morgan fingerprint density at radius 1 is 1.61 bits per heavy atom. The third kappa shape index (κ3) is 3.38. The molecule has 0 amide bonds. The lowest BCUT2D eigenvalue weighted by Gasteiger charge is -2.23. The van der Waals surface area contributed by atoms with E-state index in [4.69, 9.17) is 4.74 Å². The summed E-state index contributed by atoms with van der Waals surface area (Å²) in [6.45, 7) is 3.09. The molecule has 1 fully saturated rings. The highest BCUT2D eigenvalue weighted by Gasteiger charge is 2.13. The van der Waals surface area contributed by atoms with E-state index in [1.165, 1.54) is 7.11 Å². The maximum atomic E-state index is 11.2. The number of carbonyl (C=O) groups excluding carboxylic acids is 1. The number of anilines is 1. The van der Waals surface area contributed by atoms with Crippen molar-refractivity contribution in [2.75, 3.05) is 38.7 Å². The summed E-state index contributed by atoms with van der Waals surface area (Å²) in [4.78, 5) is 11.2. The van der Waals surface area contributed by atoms with Crippen LogP contribution in [0.25, 0.3) is 0 Å². The van der Waals surface area contributed by atoms with Crippen molar-refractivity contribution < 1.29 is 14.3 Å². The molecule has 2 rings (SSSR count). The fourth-order valence-corrected chi connectivity index (χ4v) is 1.61. The third-order valence-electron chi connectivity index (χ3n) is 2.57. The van der Waals surface area contributed by atoms with Gasteiger partial charge in [0.25, 0.3) is 0 Å². The minimum absolute atomic E-state index is 0.126. The van der Waals surface area contributed by atoms with Crippen LogP contribution in [0.3, 0.4) is 0 Å². The van der Waals surface area contributed by atoms with Crippen LogP contribution in [0.1, 0.15) is 10.5 Å². The molecule has 0 spiro atoms. The van der Waals surface area contributed by atoms with E-state index in [-0.39, 0.29) is 11.8 Å². The van der Waals surface area contributed by atoms with Gasteiger partial charge in [0, 0.05) is 19.6 Å². The van der Waals surface area contributed by atoms with Gasteiger partial charge >= 0.3 is 5.97 Å². The van der Waals surface area contributed by atoms with Gasteiger partial charge in [-0.1, -0.05) is 0 Å². The molecule has 0 radical (unpaired) electrons. The number of morpholine rings is 1. The molecule has 7 heteroatoms. The average Bonchev–Trinajstić information content (AvgIpc) is 2.46. The number of esters is 1. The van der Waals surface area contributed by atoms with Crippen LogP contribution in [-0.2, 0) is 9.47 Å². The first kappa shape index (κ1) is 12.7. The summed E-state index contributed by atoms with van der Waals surface area (Å²) in [7, 11) is 1.31. The van der Waals surface area contributed by atoms with Gasteiger partial charge in [-0.3, -0.25) is 0 Å². The Balaban J connectivity index is 1.84. The molecule has 1 aromatic heterocycles. The molecule has 0 saturated carbocycles. The van der Waals surface area contributed by atoms with Crippen LogP contribution >= 0.6 is 0 Å². The Bertz CT molecular complexity index is 390. The lowest BCUT2D eigenvalue weighted by molar-refractivity contribution is 0.0371. The van der Waals surface area contributed by atoms with Crippen LogP contribution in [0.5, 0.6) is 0 Å². The van der Waals surface area contributed by atoms with Crippen molar-refractivity contribution in [3.05, 3.63) is 17.8 Å². The Morgan fingerprint density at radius 2 is 2.50 bits per heavy atom. The zero-order chi connectivity index (χ0) is 12.8. The van der Waals surface area contributed by atoms with Gasteiger partial charge in [0.1, 0.15) is 5.82 Å². The summed E-state index contributed by atoms with van der Waals surface area (Å²) < 4.78 is 10.1. The summed E-state index contributed by atoms with van der Waals surface area (Å²) in [6, 6.07) is 3.26. The van der Waals surface area contributed by atoms with Gasteiger partial charge in [-0.25, -0.2) is 4.79 Å². The number of hydrogen-bond donors (Lipinski definition) is 2. The number of rotatable bonds is 4. The number of ether oxygens (including phenoxy) is 2. The van der Waals surface area contributed by atoms with E-state index in [1.54, 1.807) is 12.1 Å². The molecule has 18 heavy (non-hydrogen) atoms. The van der Waals surface area contributed by atoms with Crippen LogP contribution in [0, 0.1) is 0 Å². The van der Waals surface area contributed by atoms with Gasteiger partial charge in [0.2, 0.25) is 0 Å². The van der Waals surface area contributed by atoms with Crippen molar-refractivity contribution in [1.29, 1.82) is 0 Å². The second-order valence-electron chi connectivity index (χ2n) is 3.87. The van der Waals surface area contributed by atoms with Crippen LogP contribution < -0.4 is 10.6 Å². The first-order valence-electron chi connectivity index (χ1n) is 5.78. The van der Waals surface area contributed by atoms with E-state index in [2.05, 4.69) is 25.6 Å². The Labute approximate surface area is 105 Å². The van der Waals surface area contributed by atoms with Gasteiger partial charge in [-0.15, -0.1) is 10.2 Å². The number of nitrogens with zero attached hydrogens (tertiary/aromatic N) is 2. The molecule has 1 atom stereocenters. The molecular formula is C11H16N4O3. The number of nitrogens with one attached hydrogen (secondary N) is 2. The highest BCUT2D eigenvalue weighted by Crippen LogP contribution is 2.04. The van der Waals surface area contributed by atoms with Crippen LogP contribution in [0.2, 0.25) is 0 Å². The van der Waals surface area contributed by atoms with E-state index in [1.807, 2.05) is 0 Å². The van der Waals surface area contributed by atoms with Crippen LogP contribution in [0.4, 0.5) is 5.82 Å². The SMILES string of the molecule is COC(=O)c1ccc(NCC2CNCCO2)nn1. The van der Waals surface area contributed by atoms with Crippen molar-refractivity contribution >= 4 is 11.8 Å².